The summed E-state index contributed by atoms with van der Waals surface area (Å²) in [7, 11) is 0. The Labute approximate surface area is 130 Å². The van der Waals surface area contributed by atoms with Gasteiger partial charge in [0.2, 0.25) is 0 Å². The molecule has 3 atom stereocenters. The quantitative estimate of drug-likeness (QED) is 0.784. The average molecular weight is 305 g/mol. The van der Waals surface area contributed by atoms with Crippen LogP contribution >= 0.6 is 11.3 Å². The van der Waals surface area contributed by atoms with Crippen molar-refractivity contribution < 1.29 is 9.84 Å². The summed E-state index contributed by atoms with van der Waals surface area (Å²) in [6.07, 6.45) is -0.505. The van der Waals surface area contributed by atoms with Crippen LogP contribution in [0.4, 0.5) is 0 Å². The van der Waals surface area contributed by atoms with E-state index in [1.165, 1.54) is 4.88 Å². The molecule has 2 aromatic rings. The van der Waals surface area contributed by atoms with Gasteiger partial charge in [0.25, 0.3) is 0 Å². The fourth-order valence-corrected chi connectivity index (χ4v) is 2.84. The van der Waals surface area contributed by atoms with E-state index in [0.29, 0.717) is 13.2 Å². The molecule has 0 radical (unpaired) electrons. The van der Waals surface area contributed by atoms with Crippen LogP contribution in [0.25, 0.3) is 0 Å². The first-order chi connectivity index (χ1) is 10.2. The van der Waals surface area contributed by atoms with Crippen LogP contribution in [0.1, 0.15) is 36.4 Å². The van der Waals surface area contributed by atoms with Crippen molar-refractivity contribution >= 4 is 11.3 Å². The average Bonchev–Trinajstić information content (AvgIpc) is 3.05. The molecular weight excluding hydrogens is 282 g/mol. The topological polar surface area (TPSA) is 41.5 Å². The van der Waals surface area contributed by atoms with E-state index in [0.717, 1.165) is 5.56 Å². The van der Waals surface area contributed by atoms with Crippen LogP contribution in [-0.4, -0.2) is 24.4 Å². The maximum absolute atomic E-state index is 10.0. The second-order valence-corrected chi connectivity index (χ2v) is 6.16. The van der Waals surface area contributed by atoms with Crippen LogP contribution in [-0.2, 0) is 4.74 Å². The Morgan fingerprint density at radius 1 is 1.14 bits per heavy atom. The van der Waals surface area contributed by atoms with Crippen LogP contribution in [0.15, 0.2) is 47.8 Å². The predicted octanol–water partition coefficient (Wildman–Crippen LogP) is 3.54. The molecule has 0 fully saturated rings. The SMILES string of the molecule is CC(NCC(O)COC(C)c1ccccc1)c1cccs1. The first-order valence-electron chi connectivity index (χ1n) is 7.28. The summed E-state index contributed by atoms with van der Waals surface area (Å²) in [6.45, 7) is 4.97. The van der Waals surface area contributed by atoms with Crippen molar-refractivity contribution in [1.82, 2.24) is 5.32 Å². The summed E-state index contributed by atoms with van der Waals surface area (Å²) >= 11 is 1.72. The maximum Gasteiger partial charge on any atom is 0.0898 e. The molecule has 4 heteroatoms. The minimum Gasteiger partial charge on any atom is -0.389 e. The van der Waals surface area contributed by atoms with Gasteiger partial charge in [-0.15, -0.1) is 11.3 Å². The summed E-state index contributed by atoms with van der Waals surface area (Å²) in [5.74, 6) is 0. The van der Waals surface area contributed by atoms with Crippen molar-refractivity contribution in [1.29, 1.82) is 0 Å². The number of hydrogen-bond acceptors (Lipinski definition) is 4. The van der Waals surface area contributed by atoms with Gasteiger partial charge in [0.1, 0.15) is 0 Å². The van der Waals surface area contributed by atoms with Gasteiger partial charge in [0, 0.05) is 17.5 Å². The molecule has 0 saturated carbocycles. The number of aliphatic hydroxyl groups excluding tert-OH is 1. The van der Waals surface area contributed by atoms with E-state index in [4.69, 9.17) is 4.74 Å². The van der Waals surface area contributed by atoms with E-state index in [9.17, 15) is 5.11 Å². The van der Waals surface area contributed by atoms with Gasteiger partial charge in [0.15, 0.2) is 0 Å². The zero-order valence-corrected chi connectivity index (χ0v) is 13.3. The summed E-state index contributed by atoms with van der Waals surface area (Å²) < 4.78 is 5.73. The third kappa shape index (κ3) is 5.25. The Bertz CT molecular complexity index is 501. The first-order valence-corrected chi connectivity index (χ1v) is 8.16. The van der Waals surface area contributed by atoms with Crippen molar-refractivity contribution in [3.05, 3.63) is 58.3 Å². The zero-order chi connectivity index (χ0) is 15.1. The third-order valence-electron chi connectivity index (χ3n) is 3.44. The normalized spacial score (nSPS) is 15.6. The highest BCUT2D eigenvalue weighted by Crippen LogP contribution is 2.18. The molecule has 0 saturated heterocycles. The van der Waals surface area contributed by atoms with Gasteiger partial charge < -0.3 is 15.2 Å². The van der Waals surface area contributed by atoms with E-state index >= 15 is 0 Å². The third-order valence-corrected chi connectivity index (χ3v) is 4.49. The minimum atomic E-state index is -0.501. The number of nitrogens with one attached hydrogen (secondary N) is 1. The maximum atomic E-state index is 10.0. The number of aliphatic hydroxyl groups is 1. The van der Waals surface area contributed by atoms with E-state index in [1.54, 1.807) is 11.3 Å². The van der Waals surface area contributed by atoms with E-state index in [-0.39, 0.29) is 12.1 Å². The Balaban J connectivity index is 1.69. The number of rotatable bonds is 8. The lowest BCUT2D eigenvalue weighted by Crippen LogP contribution is -2.32. The summed E-state index contributed by atoms with van der Waals surface area (Å²) in [5.41, 5.74) is 1.13. The molecule has 0 bridgehead atoms. The summed E-state index contributed by atoms with van der Waals surface area (Å²) in [5, 5.41) is 15.4. The Hall–Kier alpha value is -1.20. The zero-order valence-electron chi connectivity index (χ0n) is 12.5. The lowest BCUT2D eigenvalue weighted by Gasteiger charge is -2.19. The molecule has 1 heterocycles. The van der Waals surface area contributed by atoms with Crippen LogP contribution in [0.3, 0.4) is 0 Å². The van der Waals surface area contributed by atoms with Gasteiger partial charge in [0.05, 0.1) is 18.8 Å². The molecule has 2 rings (SSSR count). The van der Waals surface area contributed by atoms with Gasteiger partial charge in [-0.2, -0.15) is 0 Å². The van der Waals surface area contributed by atoms with Crippen LogP contribution in [0.2, 0.25) is 0 Å². The number of thiophene rings is 1. The van der Waals surface area contributed by atoms with Crippen molar-refractivity contribution in [3.63, 3.8) is 0 Å². The Morgan fingerprint density at radius 3 is 2.57 bits per heavy atom. The first kappa shape index (κ1) is 16.2. The van der Waals surface area contributed by atoms with Crippen molar-refractivity contribution in [2.24, 2.45) is 0 Å². The molecule has 0 aliphatic carbocycles. The highest BCUT2D eigenvalue weighted by molar-refractivity contribution is 7.10. The Kier molecular flexibility index (Phi) is 6.39. The number of hydrogen-bond donors (Lipinski definition) is 2. The predicted molar refractivity (Wildman–Crippen MR) is 87.6 cm³/mol. The van der Waals surface area contributed by atoms with Gasteiger partial charge >= 0.3 is 0 Å². The largest absolute Gasteiger partial charge is 0.389 e. The van der Waals surface area contributed by atoms with Crippen LogP contribution in [0, 0.1) is 0 Å². The molecule has 21 heavy (non-hydrogen) atoms. The second kappa shape index (κ2) is 8.29. The van der Waals surface area contributed by atoms with E-state index in [1.807, 2.05) is 43.3 Å². The van der Waals surface area contributed by atoms with Crippen LogP contribution < -0.4 is 5.32 Å². The Morgan fingerprint density at radius 2 is 1.90 bits per heavy atom. The molecule has 3 unspecified atom stereocenters. The molecule has 0 spiro atoms. The molecule has 114 valence electrons. The van der Waals surface area contributed by atoms with E-state index in [2.05, 4.69) is 23.7 Å². The van der Waals surface area contributed by atoms with Gasteiger partial charge in [-0.25, -0.2) is 0 Å². The lowest BCUT2D eigenvalue weighted by atomic mass is 10.1. The molecule has 1 aromatic heterocycles. The van der Waals surface area contributed by atoms with Crippen LogP contribution in [0.5, 0.6) is 0 Å². The van der Waals surface area contributed by atoms with Gasteiger partial charge in [-0.05, 0) is 30.9 Å². The van der Waals surface area contributed by atoms with Gasteiger partial charge in [-0.1, -0.05) is 36.4 Å². The molecule has 0 aliphatic heterocycles. The van der Waals surface area contributed by atoms with Crippen molar-refractivity contribution in [3.8, 4) is 0 Å². The highest BCUT2D eigenvalue weighted by atomic mass is 32.1. The molecule has 0 aliphatic rings. The monoisotopic (exact) mass is 305 g/mol. The van der Waals surface area contributed by atoms with Crippen molar-refractivity contribution in [2.45, 2.75) is 32.1 Å². The standard InChI is InChI=1S/C17H23NO2S/c1-13(17-9-6-10-21-17)18-11-16(19)12-20-14(2)15-7-4-3-5-8-15/h3-10,13-14,16,18-19H,11-12H2,1-2H3. The molecular formula is C17H23NO2S. The summed E-state index contributed by atoms with van der Waals surface area (Å²) in [4.78, 5) is 1.28. The molecule has 0 amide bonds. The van der Waals surface area contributed by atoms with E-state index < -0.39 is 6.10 Å². The smallest absolute Gasteiger partial charge is 0.0898 e. The number of ether oxygens (including phenoxy) is 1. The summed E-state index contributed by atoms with van der Waals surface area (Å²) in [6, 6.07) is 14.4. The molecule has 3 nitrogen and oxygen atoms in total. The van der Waals surface area contributed by atoms with Crippen molar-refractivity contribution in [2.75, 3.05) is 13.2 Å². The fraction of sp³-hybridized carbons (Fsp3) is 0.412. The fourth-order valence-electron chi connectivity index (χ4n) is 2.09. The number of benzene rings is 1. The second-order valence-electron chi connectivity index (χ2n) is 5.19. The highest BCUT2D eigenvalue weighted by Gasteiger charge is 2.12. The molecule has 2 N–H and O–H groups in total. The lowest BCUT2D eigenvalue weighted by molar-refractivity contribution is -0.00273. The van der Waals surface area contributed by atoms with Gasteiger partial charge in [-0.3, -0.25) is 0 Å². The molecule has 1 aromatic carbocycles. The minimum absolute atomic E-state index is 0.00410.